The van der Waals surface area contributed by atoms with Crippen molar-refractivity contribution in [2.24, 2.45) is 0 Å². The SMILES string of the molecule is Cc1[nH]nc(N)c1Br.Cl. The molecule has 52 valence electrons. The van der Waals surface area contributed by atoms with Crippen LogP contribution in [0.15, 0.2) is 4.47 Å². The van der Waals surface area contributed by atoms with Crippen LogP contribution in [0.25, 0.3) is 0 Å². The van der Waals surface area contributed by atoms with Crippen molar-refractivity contribution >= 4 is 34.2 Å². The Morgan fingerprint density at radius 2 is 2.22 bits per heavy atom. The number of aromatic nitrogens is 2. The molecule has 0 amide bonds. The van der Waals surface area contributed by atoms with Gasteiger partial charge in [0.15, 0.2) is 5.82 Å². The Kier molecular flexibility index (Phi) is 3.00. The fourth-order valence-corrected chi connectivity index (χ4v) is 0.612. The highest BCUT2D eigenvalue weighted by molar-refractivity contribution is 9.10. The summed E-state index contributed by atoms with van der Waals surface area (Å²) in [6, 6.07) is 0. The first kappa shape index (κ1) is 8.78. The maximum absolute atomic E-state index is 5.35. The fraction of sp³-hybridized carbons (Fsp3) is 0.250. The molecule has 0 spiro atoms. The first-order valence-corrected chi connectivity index (χ1v) is 2.97. The number of halogens is 2. The molecule has 1 aromatic rings. The summed E-state index contributed by atoms with van der Waals surface area (Å²) in [6.07, 6.45) is 0. The van der Waals surface area contributed by atoms with Crippen molar-refractivity contribution in [3.63, 3.8) is 0 Å². The number of hydrogen-bond acceptors (Lipinski definition) is 2. The van der Waals surface area contributed by atoms with E-state index in [2.05, 4.69) is 26.1 Å². The van der Waals surface area contributed by atoms with Gasteiger partial charge < -0.3 is 5.73 Å². The van der Waals surface area contributed by atoms with Crippen LogP contribution in [0.4, 0.5) is 5.82 Å². The summed E-state index contributed by atoms with van der Waals surface area (Å²) in [7, 11) is 0. The van der Waals surface area contributed by atoms with Crippen molar-refractivity contribution < 1.29 is 0 Å². The number of hydrogen-bond donors (Lipinski definition) is 2. The van der Waals surface area contributed by atoms with E-state index in [9.17, 15) is 0 Å². The number of aromatic amines is 1. The average Bonchev–Trinajstić information content (AvgIpc) is 1.98. The third-order valence-electron chi connectivity index (χ3n) is 0.898. The summed E-state index contributed by atoms with van der Waals surface area (Å²) >= 11 is 3.23. The van der Waals surface area contributed by atoms with Crippen molar-refractivity contribution in [1.82, 2.24) is 10.2 Å². The molecule has 0 unspecified atom stereocenters. The minimum atomic E-state index is 0. The molecule has 1 heterocycles. The van der Waals surface area contributed by atoms with Crippen LogP contribution in [0.1, 0.15) is 5.69 Å². The second-order valence-electron chi connectivity index (χ2n) is 1.55. The Morgan fingerprint density at radius 3 is 2.33 bits per heavy atom. The van der Waals surface area contributed by atoms with Gasteiger partial charge in [-0.25, -0.2) is 0 Å². The number of nitrogens with zero attached hydrogens (tertiary/aromatic N) is 1. The summed E-state index contributed by atoms with van der Waals surface area (Å²) < 4.78 is 0.859. The number of aryl methyl sites for hydroxylation is 1. The van der Waals surface area contributed by atoms with Gasteiger partial charge >= 0.3 is 0 Å². The van der Waals surface area contributed by atoms with Crippen LogP contribution in [0, 0.1) is 6.92 Å². The van der Waals surface area contributed by atoms with Crippen LogP contribution < -0.4 is 5.73 Å². The molecule has 5 heteroatoms. The lowest BCUT2D eigenvalue weighted by Crippen LogP contribution is -1.83. The summed E-state index contributed by atoms with van der Waals surface area (Å²) in [5.74, 6) is 0.516. The van der Waals surface area contributed by atoms with Gasteiger partial charge in [0.2, 0.25) is 0 Å². The monoisotopic (exact) mass is 211 g/mol. The Hall–Kier alpha value is -0.220. The second-order valence-corrected chi connectivity index (χ2v) is 2.34. The zero-order valence-electron chi connectivity index (χ0n) is 4.81. The van der Waals surface area contributed by atoms with Gasteiger partial charge in [-0.3, -0.25) is 5.10 Å². The maximum atomic E-state index is 5.35. The molecule has 1 aromatic heterocycles. The van der Waals surface area contributed by atoms with E-state index in [4.69, 9.17) is 5.73 Å². The normalized spacial score (nSPS) is 8.67. The number of H-pyrrole nitrogens is 1. The van der Waals surface area contributed by atoms with E-state index >= 15 is 0 Å². The molecular formula is C4H7BrClN3. The topological polar surface area (TPSA) is 54.7 Å². The van der Waals surface area contributed by atoms with Crippen LogP contribution in [-0.4, -0.2) is 10.2 Å². The van der Waals surface area contributed by atoms with Crippen molar-refractivity contribution in [3.05, 3.63) is 10.2 Å². The van der Waals surface area contributed by atoms with E-state index in [1.165, 1.54) is 0 Å². The van der Waals surface area contributed by atoms with Crippen LogP contribution >= 0.6 is 28.3 Å². The number of nitrogens with two attached hydrogens (primary N) is 1. The van der Waals surface area contributed by atoms with Crippen molar-refractivity contribution in [2.45, 2.75) is 6.92 Å². The van der Waals surface area contributed by atoms with Crippen LogP contribution in [-0.2, 0) is 0 Å². The molecule has 0 bridgehead atoms. The van der Waals surface area contributed by atoms with Gasteiger partial charge in [0.1, 0.15) is 0 Å². The van der Waals surface area contributed by atoms with E-state index in [1.807, 2.05) is 6.92 Å². The van der Waals surface area contributed by atoms with Gasteiger partial charge in [-0.05, 0) is 22.9 Å². The van der Waals surface area contributed by atoms with E-state index in [-0.39, 0.29) is 12.4 Å². The molecular weight excluding hydrogens is 205 g/mol. The zero-order chi connectivity index (χ0) is 6.15. The largest absolute Gasteiger partial charge is 0.381 e. The highest BCUT2D eigenvalue weighted by Gasteiger charge is 1.99. The Labute approximate surface area is 67.6 Å². The van der Waals surface area contributed by atoms with E-state index < -0.39 is 0 Å². The minimum Gasteiger partial charge on any atom is -0.381 e. The third kappa shape index (κ3) is 1.59. The minimum absolute atomic E-state index is 0. The summed E-state index contributed by atoms with van der Waals surface area (Å²) in [5.41, 5.74) is 6.31. The van der Waals surface area contributed by atoms with E-state index in [0.717, 1.165) is 10.2 Å². The Balaban J connectivity index is 0.000000640. The molecule has 0 saturated heterocycles. The molecule has 0 radical (unpaired) electrons. The first-order chi connectivity index (χ1) is 3.72. The number of anilines is 1. The van der Waals surface area contributed by atoms with Gasteiger partial charge in [0.25, 0.3) is 0 Å². The lowest BCUT2D eigenvalue weighted by atomic mass is 10.5. The molecule has 0 aliphatic heterocycles. The number of nitrogen functional groups attached to an aromatic ring is 1. The average molecular weight is 212 g/mol. The zero-order valence-corrected chi connectivity index (χ0v) is 7.21. The highest BCUT2D eigenvalue weighted by atomic mass is 79.9. The number of rotatable bonds is 0. The van der Waals surface area contributed by atoms with E-state index in [1.54, 1.807) is 0 Å². The lowest BCUT2D eigenvalue weighted by molar-refractivity contribution is 1.05. The van der Waals surface area contributed by atoms with Crippen LogP contribution in [0.3, 0.4) is 0 Å². The van der Waals surface area contributed by atoms with Crippen molar-refractivity contribution in [3.8, 4) is 0 Å². The fourth-order valence-electron chi connectivity index (χ4n) is 0.434. The van der Waals surface area contributed by atoms with Crippen LogP contribution in [0.5, 0.6) is 0 Å². The first-order valence-electron chi connectivity index (χ1n) is 2.17. The molecule has 0 aliphatic rings. The van der Waals surface area contributed by atoms with Gasteiger partial charge in [0, 0.05) is 5.69 Å². The summed E-state index contributed by atoms with van der Waals surface area (Å²) in [4.78, 5) is 0. The van der Waals surface area contributed by atoms with Gasteiger partial charge in [-0.1, -0.05) is 0 Å². The standard InChI is InChI=1S/C4H6BrN3.ClH/c1-2-3(5)4(6)8-7-2;/h1H3,(H3,6,7,8);1H. The van der Waals surface area contributed by atoms with Crippen LogP contribution in [0.2, 0.25) is 0 Å². The molecule has 0 atom stereocenters. The molecule has 0 fully saturated rings. The molecule has 0 aromatic carbocycles. The Morgan fingerprint density at radius 1 is 1.67 bits per heavy atom. The molecule has 1 rings (SSSR count). The predicted molar refractivity (Wildman–Crippen MR) is 42.7 cm³/mol. The molecule has 3 N–H and O–H groups in total. The molecule has 0 aliphatic carbocycles. The maximum Gasteiger partial charge on any atom is 0.159 e. The van der Waals surface area contributed by atoms with Gasteiger partial charge in [0.05, 0.1) is 4.47 Å². The quantitative estimate of drug-likeness (QED) is 0.684. The van der Waals surface area contributed by atoms with Gasteiger partial charge in [-0.2, -0.15) is 5.10 Å². The molecule has 3 nitrogen and oxygen atoms in total. The summed E-state index contributed by atoms with van der Waals surface area (Å²) in [6.45, 7) is 1.90. The number of nitrogens with one attached hydrogen (secondary N) is 1. The third-order valence-corrected chi connectivity index (χ3v) is 1.90. The van der Waals surface area contributed by atoms with Gasteiger partial charge in [-0.15, -0.1) is 12.4 Å². The smallest absolute Gasteiger partial charge is 0.159 e. The summed E-state index contributed by atoms with van der Waals surface area (Å²) in [5, 5.41) is 6.44. The highest BCUT2D eigenvalue weighted by Crippen LogP contribution is 2.18. The molecule has 0 saturated carbocycles. The van der Waals surface area contributed by atoms with E-state index in [0.29, 0.717) is 5.82 Å². The predicted octanol–water partition coefficient (Wildman–Crippen LogP) is 1.48. The Bertz CT molecular complexity index is 178. The second kappa shape index (κ2) is 3.08. The van der Waals surface area contributed by atoms with Crippen molar-refractivity contribution in [2.75, 3.05) is 5.73 Å². The van der Waals surface area contributed by atoms with Crippen molar-refractivity contribution in [1.29, 1.82) is 0 Å². The molecule has 9 heavy (non-hydrogen) atoms. The lowest BCUT2D eigenvalue weighted by Gasteiger charge is -1.81.